The van der Waals surface area contributed by atoms with Crippen LogP contribution in [0.15, 0.2) is 70.0 Å². The van der Waals surface area contributed by atoms with Crippen LogP contribution in [-0.4, -0.2) is 20.7 Å². The maximum Gasteiger partial charge on any atom is 0.257 e. The summed E-state index contributed by atoms with van der Waals surface area (Å²) in [6, 6.07) is 11.3. The third kappa shape index (κ3) is 4.23. The minimum absolute atomic E-state index is 0.0600. The summed E-state index contributed by atoms with van der Waals surface area (Å²) in [7, 11) is 0. The van der Waals surface area contributed by atoms with Gasteiger partial charge >= 0.3 is 0 Å². The summed E-state index contributed by atoms with van der Waals surface area (Å²) in [4.78, 5) is 38.5. The molecule has 3 aromatic rings. The molecular weight excluding hydrogens is 456 g/mol. The second-order valence-corrected chi connectivity index (χ2v) is 10.6. The molecule has 2 N–H and O–H groups in total. The zero-order chi connectivity index (χ0) is 23.2. The van der Waals surface area contributed by atoms with Gasteiger partial charge in [0.1, 0.15) is 5.82 Å². The van der Waals surface area contributed by atoms with Crippen LogP contribution in [0.3, 0.4) is 0 Å². The molecule has 2 aliphatic rings. The second-order valence-electron chi connectivity index (χ2n) is 9.19. The maximum absolute atomic E-state index is 13.3. The number of allylic oxidation sites excluding steroid dienone is 2. The molecular formula is C25H23ClN4O2S. The number of carbonyl (C=O) groups is 1. The predicted octanol–water partition coefficient (Wildman–Crippen LogP) is 5.31. The molecule has 3 heterocycles. The van der Waals surface area contributed by atoms with Crippen LogP contribution < -0.4 is 10.9 Å². The number of hydrogen-bond donors (Lipinski definition) is 2. The van der Waals surface area contributed by atoms with Crippen LogP contribution in [0.5, 0.6) is 0 Å². The number of aromatic amines is 1. The van der Waals surface area contributed by atoms with Gasteiger partial charge in [-0.1, -0.05) is 61.5 Å². The van der Waals surface area contributed by atoms with Gasteiger partial charge in [0.15, 0.2) is 10.9 Å². The molecule has 0 spiro atoms. The molecule has 6 nitrogen and oxygen atoms in total. The topological polar surface area (TPSA) is 87.7 Å². The lowest BCUT2D eigenvalue weighted by atomic mass is 9.69. The molecule has 0 amide bonds. The van der Waals surface area contributed by atoms with Crippen molar-refractivity contribution in [2.45, 2.75) is 43.5 Å². The van der Waals surface area contributed by atoms with Crippen LogP contribution in [-0.2, 0) is 10.5 Å². The largest absolute Gasteiger partial charge is 0.343 e. The highest BCUT2D eigenvalue weighted by Gasteiger charge is 2.42. The minimum Gasteiger partial charge on any atom is -0.343 e. The van der Waals surface area contributed by atoms with Crippen molar-refractivity contribution in [1.82, 2.24) is 15.0 Å². The van der Waals surface area contributed by atoms with Gasteiger partial charge < -0.3 is 10.3 Å². The summed E-state index contributed by atoms with van der Waals surface area (Å²) in [6.45, 7) is 4.17. The number of ketones is 1. The van der Waals surface area contributed by atoms with E-state index in [0.717, 1.165) is 16.8 Å². The van der Waals surface area contributed by atoms with Gasteiger partial charge in [-0.2, -0.15) is 0 Å². The molecule has 1 aliphatic heterocycles. The Labute approximate surface area is 200 Å². The minimum atomic E-state index is -0.493. The van der Waals surface area contributed by atoms with E-state index in [-0.39, 0.29) is 16.8 Å². The fourth-order valence-electron chi connectivity index (χ4n) is 4.60. The normalized spacial score (nSPS) is 19.0. The number of hydrogen-bond acceptors (Lipinski definition) is 6. The zero-order valence-corrected chi connectivity index (χ0v) is 19.9. The zero-order valence-electron chi connectivity index (χ0n) is 18.3. The summed E-state index contributed by atoms with van der Waals surface area (Å²) in [6.07, 6.45) is 4.55. The van der Waals surface area contributed by atoms with Crippen LogP contribution in [0.4, 0.5) is 5.82 Å². The number of Topliss-reactive ketones (excluding diaryl/α,β-unsaturated/α-hetero) is 1. The van der Waals surface area contributed by atoms with E-state index in [2.05, 4.69) is 29.1 Å². The van der Waals surface area contributed by atoms with Crippen molar-refractivity contribution in [3.05, 3.63) is 92.1 Å². The fourth-order valence-corrected chi connectivity index (χ4v) is 5.75. The average Bonchev–Trinajstić information content (AvgIpc) is 2.77. The van der Waals surface area contributed by atoms with Crippen molar-refractivity contribution in [2.75, 3.05) is 5.32 Å². The summed E-state index contributed by atoms with van der Waals surface area (Å²) in [5.74, 6) is 0.642. The standard InChI is InChI=1S/C25H23ClN4O2S/c1-25(2)10-17-20(18(31)11-25)19(14-7-5-9-27-12-14)21-22(28-17)29-24(30-23(21)32)33-13-15-6-3-4-8-16(15)26/h3-9,12,19H,10-11,13H2,1-2H3,(H2,28,29,30,32)/t19-/m0/s1. The van der Waals surface area contributed by atoms with E-state index < -0.39 is 5.92 Å². The van der Waals surface area contributed by atoms with Gasteiger partial charge in [0.05, 0.1) is 5.56 Å². The Morgan fingerprint density at radius 2 is 1.97 bits per heavy atom. The highest BCUT2D eigenvalue weighted by atomic mass is 35.5. The number of nitrogens with zero attached hydrogens (tertiary/aromatic N) is 2. The van der Waals surface area contributed by atoms with E-state index in [1.807, 2.05) is 36.4 Å². The number of anilines is 1. The number of H-pyrrole nitrogens is 1. The first-order chi connectivity index (χ1) is 15.8. The Hall–Kier alpha value is -2.90. The van der Waals surface area contributed by atoms with Crippen LogP contribution in [0.25, 0.3) is 0 Å². The summed E-state index contributed by atoms with van der Waals surface area (Å²) in [5.41, 5.74) is 3.31. The van der Waals surface area contributed by atoms with Gasteiger partial charge in [0.2, 0.25) is 0 Å². The number of carbonyl (C=O) groups excluding carboxylic acids is 1. The first-order valence-electron chi connectivity index (χ1n) is 10.8. The van der Waals surface area contributed by atoms with Crippen LogP contribution in [0.1, 0.15) is 49.3 Å². The summed E-state index contributed by atoms with van der Waals surface area (Å²) >= 11 is 7.69. The Morgan fingerprint density at radius 3 is 2.73 bits per heavy atom. The Morgan fingerprint density at radius 1 is 1.15 bits per heavy atom. The van der Waals surface area contributed by atoms with Crippen LogP contribution in [0.2, 0.25) is 5.02 Å². The molecule has 0 fully saturated rings. The molecule has 0 bridgehead atoms. The van der Waals surface area contributed by atoms with Crippen LogP contribution >= 0.6 is 23.4 Å². The van der Waals surface area contributed by atoms with E-state index in [0.29, 0.717) is 45.7 Å². The number of pyridine rings is 1. The lowest BCUT2D eigenvalue weighted by molar-refractivity contribution is -0.118. The first kappa shape index (κ1) is 21.9. The Kier molecular flexibility index (Phi) is 5.62. The summed E-state index contributed by atoms with van der Waals surface area (Å²) < 4.78 is 0. The molecule has 8 heteroatoms. The number of rotatable bonds is 4. The fraction of sp³-hybridized carbons (Fsp3) is 0.280. The Bertz CT molecular complexity index is 1330. The molecule has 0 saturated carbocycles. The number of nitrogens with one attached hydrogen (secondary N) is 2. The van der Waals surface area contributed by atoms with Crippen molar-refractivity contribution in [3.63, 3.8) is 0 Å². The number of thioether (sulfide) groups is 1. The highest BCUT2D eigenvalue weighted by molar-refractivity contribution is 7.98. The number of aromatic nitrogens is 3. The highest BCUT2D eigenvalue weighted by Crippen LogP contribution is 2.47. The molecule has 0 radical (unpaired) electrons. The number of fused-ring (bicyclic) bond motifs is 1. The van der Waals surface area contributed by atoms with Gasteiger partial charge in [0.25, 0.3) is 5.56 Å². The lowest BCUT2D eigenvalue weighted by Gasteiger charge is -2.38. The maximum atomic E-state index is 13.3. The van der Waals surface area contributed by atoms with Gasteiger partial charge in [-0.25, -0.2) is 4.98 Å². The molecule has 2 aromatic heterocycles. The van der Waals surface area contributed by atoms with E-state index in [9.17, 15) is 9.59 Å². The molecule has 1 aliphatic carbocycles. The van der Waals surface area contributed by atoms with Crippen molar-refractivity contribution in [1.29, 1.82) is 0 Å². The molecule has 168 valence electrons. The van der Waals surface area contributed by atoms with E-state index in [1.54, 1.807) is 12.4 Å². The van der Waals surface area contributed by atoms with Crippen molar-refractivity contribution >= 4 is 35.0 Å². The van der Waals surface area contributed by atoms with Gasteiger partial charge in [-0.15, -0.1) is 0 Å². The van der Waals surface area contributed by atoms with Crippen LogP contribution in [0, 0.1) is 5.41 Å². The Balaban J connectivity index is 1.58. The van der Waals surface area contributed by atoms with E-state index >= 15 is 0 Å². The van der Waals surface area contributed by atoms with E-state index in [4.69, 9.17) is 16.6 Å². The third-order valence-electron chi connectivity index (χ3n) is 6.04. The van der Waals surface area contributed by atoms with Gasteiger partial charge in [-0.3, -0.25) is 14.6 Å². The third-order valence-corrected chi connectivity index (χ3v) is 7.33. The smallest absolute Gasteiger partial charge is 0.257 e. The average molecular weight is 479 g/mol. The van der Waals surface area contributed by atoms with Gasteiger partial charge in [-0.05, 0) is 35.1 Å². The SMILES string of the molecule is CC1(C)CC(=O)C2=C(C1)Nc1nc(SCc3ccccc3Cl)[nH]c(=O)c1[C@H]2c1cccnc1. The molecule has 1 aromatic carbocycles. The summed E-state index contributed by atoms with van der Waals surface area (Å²) in [5, 5.41) is 4.52. The van der Waals surface area contributed by atoms with E-state index in [1.165, 1.54) is 11.8 Å². The monoisotopic (exact) mass is 478 g/mol. The van der Waals surface area contributed by atoms with Crippen molar-refractivity contribution in [2.24, 2.45) is 5.41 Å². The van der Waals surface area contributed by atoms with Crippen molar-refractivity contribution < 1.29 is 4.79 Å². The van der Waals surface area contributed by atoms with Gasteiger partial charge in [0, 0.05) is 46.8 Å². The van der Waals surface area contributed by atoms with Crippen molar-refractivity contribution in [3.8, 4) is 0 Å². The number of benzene rings is 1. The lowest BCUT2D eigenvalue weighted by Crippen LogP contribution is -2.37. The molecule has 0 unspecified atom stereocenters. The molecule has 33 heavy (non-hydrogen) atoms. The molecule has 5 rings (SSSR count). The predicted molar refractivity (Wildman–Crippen MR) is 131 cm³/mol. The molecule has 0 saturated heterocycles. The first-order valence-corrected chi connectivity index (χ1v) is 12.1. The quantitative estimate of drug-likeness (QED) is 0.390. The molecule has 1 atom stereocenters. The number of halogens is 1. The second kappa shape index (κ2) is 8.47.